The van der Waals surface area contributed by atoms with Crippen LogP contribution in [0.4, 0.5) is 30.7 Å². The molecule has 0 aromatic heterocycles. The second-order valence-electron chi connectivity index (χ2n) is 11.1. The van der Waals surface area contributed by atoms with Crippen molar-refractivity contribution in [1.82, 2.24) is 0 Å². The van der Waals surface area contributed by atoms with Crippen LogP contribution < -0.4 is 4.74 Å². The van der Waals surface area contributed by atoms with Crippen molar-refractivity contribution in [2.24, 2.45) is 17.3 Å². The van der Waals surface area contributed by atoms with Crippen molar-refractivity contribution in [3.63, 3.8) is 0 Å². The van der Waals surface area contributed by atoms with Gasteiger partial charge < -0.3 is 18.9 Å². The van der Waals surface area contributed by atoms with E-state index in [-0.39, 0.29) is 37.5 Å². The zero-order valence-electron chi connectivity index (χ0n) is 22.0. The van der Waals surface area contributed by atoms with Crippen molar-refractivity contribution in [1.29, 1.82) is 0 Å². The summed E-state index contributed by atoms with van der Waals surface area (Å²) in [7, 11) is 0. The molecule has 220 valence electrons. The third kappa shape index (κ3) is 5.44. The lowest BCUT2D eigenvalue weighted by molar-refractivity contribution is -0.486. The van der Waals surface area contributed by atoms with Gasteiger partial charge in [0.1, 0.15) is 22.9 Å². The number of alkyl halides is 2. The summed E-state index contributed by atoms with van der Waals surface area (Å²) in [5.74, 6) is -11.1. The molecule has 11 heteroatoms. The molecule has 1 saturated carbocycles. The largest absolute Gasteiger partial charge is 0.432 e. The monoisotopic (exact) mass is 576 g/mol. The molecule has 4 fully saturated rings. The van der Waals surface area contributed by atoms with Gasteiger partial charge >= 0.3 is 12.1 Å². The van der Waals surface area contributed by atoms with Crippen LogP contribution in [0.2, 0.25) is 0 Å². The maximum Gasteiger partial charge on any atom is 0.432 e. The molecule has 2 bridgehead atoms. The first-order valence-electron chi connectivity index (χ1n) is 13.6. The first-order chi connectivity index (χ1) is 19.0. The van der Waals surface area contributed by atoms with Crippen molar-refractivity contribution < 1.29 is 49.7 Å². The van der Waals surface area contributed by atoms with Gasteiger partial charge in [0.25, 0.3) is 0 Å². The number of ether oxygens (including phenoxy) is 4. The molecule has 0 amide bonds. The predicted octanol–water partition coefficient (Wildman–Crippen LogP) is 8.07. The second-order valence-corrected chi connectivity index (χ2v) is 11.1. The fourth-order valence-electron chi connectivity index (χ4n) is 6.13. The van der Waals surface area contributed by atoms with Crippen LogP contribution in [-0.4, -0.2) is 19.8 Å². The van der Waals surface area contributed by atoms with E-state index in [9.17, 15) is 30.7 Å². The van der Waals surface area contributed by atoms with E-state index in [1.54, 1.807) is 0 Å². The minimum Gasteiger partial charge on any atom is -0.429 e. The normalized spacial score (nSPS) is 28.6. The molecule has 2 aromatic rings. The molecule has 2 aromatic carbocycles. The lowest BCUT2D eigenvalue weighted by Crippen LogP contribution is -2.61. The Morgan fingerprint density at radius 1 is 0.800 bits per heavy atom. The summed E-state index contributed by atoms with van der Waals surface area (Å²) >= 11 is 0. The summed E-state index contributed by atoms with van der Waals surface area (Å²) in [5, 5.41) is 0. The van der Waals surface area contributed by atoms with Gasteiger partial charge in [-0.15, -0.1) is 0 Å². The zero-order valence-corrected chi connectivity index (χ0v) is 22.0. The van der Waals surface area contributed by atoms with Gasteiger partial charge in [-0.3, -0.25) is 0 Å². The summed E-state index contributed by atoms with van der Waals surface area (Å²) < 4.78 is 121. The van der Waals surface area contributed by atoms with Crippen LogP contribution in [-0.2, 0) is 26.3 Å². The number of benzene rings is 2. The minimum absolute atomic E-state index is 0.139. The van der Waals surface area contributed by atoms with Crippen LogP contribution in [0.5, 0.6) is 5.75 Å². The van der Waals surface area contributed by atoms with Crippen molar-refractivity contribution in [2.75, 3.05) is 19.8 Å². The smallest absolute Gasteiger partial charge is 0.429 e. The van der Waals surface area contributed by atoms with Crippen molar-refractivity contribution in [3.8, 4) is 5.75 Å². The number of hydrogen-bond acceptors (Lipinski definition) is 4. The number of fused-ring (bicyclic) bond motifs is 3. The molecule has 3 heterocycles. The summed E-state index contributed by atoms with van der Waals surface area (Å²) in [5.41, 5.74) is -2.50. The Morgan fingerprint density at radius 3 is 1.88 bits per heavy atom. The molecule has 40 heavy (non-hydrogen) atoms. The van der Waals surface area contributed by atoms with Gasteiger partial charge in [0, 0.05) is 23.1 Å². The van der Waals surface area contributed by atoms with Gasteiger partial charge in [-0.25, -0.2) is 22.0 Å². The number of hydrogen-bond donors (Lipinski definition) is 0. The molecule has 6 rings (SSSR count). The van der Waals surface area contributed by atoms with Gasteiger partial charge in [-0.1, -0.05) is 45.4 Å². The quantitative estimate of drug-likeness (QED) is 0.172. The predicted molar refractivity (Wildman–Crippen MR) is 129 cm³/mol. The van der Waals surface area contributed by atoms with E-state index in [0.717, 1.165) is 25.7 Å². The molecular weight excluding hydrogens is 545 g/mol. The van der Waals surface area contributed by atoms with Crippen molar-refractivity contribution in [2.45, 2.75) is 70.4 Å². The Balaban J connectivity index is 1.27. The van der Waals surface area contributed by atoms with E-state index < -0.39 is 57.9 Å². The highest BCUT2D eigenvalue weighted by Crippen LogP contribution is 2.52. The highest BCUT2D eigenvalue weighted by Gasteiger charge is 2.57. The van der Waals surface area contributed by atoms with Gasteiger partial charge in [0.15, 0.2) is 17.5 Å². The third-order valence-electron chi connectivity index (χ3n) is 8.47. The fourth-order valence-corrected chi connectivity index (χ4v) is 6.13. The highest BCUT2D eigenvalue weighted by atomic mass is 19.3. The van der Waals surface area contributed by atoms with E-state index in [1.165, 1.54) is 25.7 Å². The Kier molecular flexibility index (Phi) is 8.11. The van der Waals surface area contributed by atoms with Crippen LogP contribution in [0, 0.1) is 46.3 Å². The number of halogens is 7. The van der Waals surface area contributed by atoms with Gasteiger partial charge in [-0.2, -0.15) is 8.78 Å². The van der Waals surface area contributed by atoms with Crippen LogP contribution in [0.1, 0.15) is 69.4 Å². The van der Waals surface area contributed by atoms with Gasteiger partial charge in [-0.05, 0) is 36.8 Å². The zero-order chi connectivity index (χ0) is 28.7. The van der Waals surface area contributed by atoms with Gasteiger partial charge in [0.2, 0.25) is 0 Å². The molecule has 0 atom stereocenters. The molecule has 4 nitrogen and oxygen atoms in total. The molecule has 4 aliphatic rings. The molecule has 0 unspecified atom stereocenters. The average Bonchev–Trinajstić information content (AvgIpc) is 2.92. The van der Waals surface area contributed by atoms with Crippen LogP contribution in [0.15, 0.2) is 24.3 Å². The molecule has 3 aliphatic heterocycles. The maximum atomic E-state index is 14.9. The first kappa shape index (κ1) is 29.1. The number of unbranched alkanes of at least 4 members (excludes halogenated alkanes) is 2. The highest BCUT2D eigenvalue weighted by molar-refractivity contribution is 5.33. The van der Waals surface area contributed by atoms with Crippen LogP contribution in [0.3, 0.4) is 0 Å². The molecule has 3 saturated heterocycles. The maximum absolute atomic E-state index is 14.9. The summed E-state index contributed by atoms with van der Waals surface area (Å²) in [6.07, 6.45) is 4.45. The number of rotatable bonds is 9. The second kappa shape index (κ2) is 11.1. The lowest BCUT2D eigenvalue weighted by Gasteiger charge is -2.55. The Hall–Kier alpha value is -2.37. The molecular formula is C29H31F7O4. The van der Waals surface area contributed by atoms with Crippen molar-refractivity contribution >= 4 is 0 Å². The molecule has 0 spiro atoms. The van der Waals surface area contributed by atoms with E-state index in [2.05, 4.69) is 11.7 Å². The van der Waals surface area contributed by atoms with E-state index in [4.69, 9.17) is 14.2 Å². The van der Waals surface area contributed by atoms with E-state index >= 15 is 0 Å². The SMILES string of the molecule is CCCCCC1CCC(C23COC(c4cc(F)c(C(F)(F)Oc5cc(F)c(F)c(F)c5)c(F)c4)(OC2)OC3)CC1. The molecule has 0 N–H and O–H groups in total. The van der Waals surface area contributed by atoms with E-state index in [1.807, 2.05) is 0 Å². The average molecular weight is 577 g/mol. The topological polar surface area (TPSA) is 36.9 Å². The van der Waals surface area contributed by atoms with Crippen molar-refractivity contribution in [3.05, 3.63) is 64.5 Å². The summed E-state index contributed by atoms with van der Waals surface area (Å²) in [6.45, 7) is 2.87. The first-order valence-corrected chi connectivity index (χ1v) is 13.6. The lowest BCUT2D eigenvalue weighted by atomic mass is 9.66. The summed E-state index contributed by atoms with van der Waals surface area (Å²) in [6, 6.07) is 1.45. The third-order valence-corrected chi connectivity index (χ3v) is 8.47. The minimum atomic E-state index is -4.70. The standard InChI is InChI=1S/C29H31F7O4/c1-2-3-4-5-17-6-8-18(9-7-17)27-14-37-29(38-15-27,39-16-27)19-10-21(30)25(22(31)11-19)28(35,36)40-20-12-23(32)26(34)24(33)13-20/h10-13,17-18H,2-9,14-16H2,1H3. The van der Waals surface area contributed by atoms with Gasteiger partial charge in [0.05, 0.1) is 19.8 Å². The Labute approximate surface area is 227 Å². The van der Waals surface area contributed by atoms with Crippen LogP contribution >= 0.6 is 0 Å². The Bertz CT molecular complexity index is 1160. The van der Waals surface area contributed by atoms with E-state index in [0.29, 0.717) is 24.0 Å². The van der Waals surface area contributed by atoms with Crippen LogP contribution in [0.25, 0.3) is 0 Å². The molecule has 0 radical (unpaired) electrons. The molecule has 1 aliphatic carbocycles. The summed E-state index contributed by atoms with van der Waals surface area (Å²) in [4.78, 5) is 0. The Morgan fingerprint density at radius 2 is 1.35 bits per heavy atom. The fraction of sp³-hybridized carbons (Fsp3) is 0.586.